The quantitative estimate of drug-likeness (QED) is 0.837. The Morgan fingerprint density at radius 2 is 1.90 bits per heavy atom. The van der Waals surface area contributed by atoms with Crippen LogP contribution in [0.5, 0.6) is 0 Å². The lowest BCUT2D eigenvalue weighted by Crippen LogP contribution is -2.56. The number of aliphatic carboxylic acids is 1. The fraction of sp³-hybridized carbons (Fsp3) is 0.875. The lowest BCUT2D eigenvalue weighted by Gasteiger charge is -2.42. The Morgan fingerprint density at radius 3 is 2.38 bits per heavy atom. The van der Waals surface area contributed by atoms with Crippen LogP contribution in [0.2, 0.25) is 0 Å². The van der Waals surface area contributed by atoms with Crippen molar-refractivity contribution in [3.63, 3.8) is 0 Å². The lowest BCUT2D eigenvalue weighted by atomic mass is 9.73. The summed E-state index contributed by atoms with van der Waals surface area (Å²) >= 11 is 0. The Bertz CT molecular complexity index is 385. The molecule has 1 fully saturated rings. The third kappa shape index (κ3) is 5.21. The Hall–Kier alpha value is -1.26. The van der Waals surface area contributed by atoms with Crippen LogP contribution in [0.25, 0.3) is 0 Å². The minimum Gasteiger partial charge on any atom is -0.481 e. The van der Waals surface area contributed by atoms with Crippen LogP contribution in [0.1, 0.15) is 66.7 Å². The van der Waals surface area contributed by atoms with Gasteiger partial charge in [0.2, 0.25) is 0 Å². The van der Waals surface area contributed by atoms with Crippen molar-refractivity contribution in [2.75, 3.05) is 6.54 Å². The van der Waals surface area contributed by atoms with Crippen LogP contribution in [-0.2, 0) is 4.79 Å². The number of hydrogen-bond acceptors (Lipinski definition) is 2. The molecule has 1 aliphatic rings. The Balaban J connectivity index is 2.74. The predicted molar refractivity (Wildman–Crippen MR) is 83.3 cm³/mol. The molecule has 1 unspecified atom stereocenters. The molecule has 122 valence electrons. The number of nitrogens with one attached hydrogen (secondary N) is 1. The van der Waals surface area contributed by atoms with Crippen LogP contribution in [0.4, 0.5) is 4.79 Å². The molecule has 1 saturated carbocycles. The normalized spacial score (nSPS) is 21.7. The van der Waals surface area contributed by atoms with Gasteiger partial charge in [0.05, 0.1) is 6.42 Å². The molecule has 2 amide bonds. The minimum atomic E-state index is -0.880. The Labute approximate surface area is 128 Å². The zero-order valence-corrected chi connectivity index (χ0v) is 14.0. The number of amides is 2. The zero-order valence-electron chi connectivity index (χ0n) is 14.0. The summed E-state index contributed by atoms with van der Waals surface area (Å²) in [5.41, 5.74) is -0.289. The van der Waals surface area contributed by atoms with Crippen molar-refractivity contribution in [2.24, 2.45) is 5.41 Å². The maximum absolute atomic E-state index is 12.6. The number of carboxylic acid groups (broad SMARTS) is 1. The van der Waals surface area contributed by atoms with E-state index in [1.165, 1.54) is 6.42 Å². The van der Waals surface area contributed by atoms with Crippen molar-refractivity contribution in [1.29, 1.82) is 0 Å². The number of carbonyl (C=O) groups is 2. The third-order valence-corrected chi connectivity index (χ3v) is 4.41. The molecule has 1 rings (SSSR count). The summed E-state index contributed by atoms with van der Waals surface area (Å²) in [7, 11) is 0. The first kappa shape index (κ1) is 17.8. The van der Waals surface area contributed by atoms with Crippen LogP contribution in [-0.4, -0.2) is 40.1 Å². The molecule has 0 aromatic rings. The molecule has 0 radical (unpaired) electrons. The maximum Gasteiger partial charge on any atom is 0.318 e. The molecular weight excluding hydrogens is 268 g/mol. The van der Waals surface area contributed by atoms with Crippen LogP contribution < -0.4 is 5.32 Å². The average Bonchev–Trinajstić information content (AvgIpc) is 2.29. The molecule has 1 aliphatic carbocycles. The van der Waals surface area contributed by atoms with Crippen LogP contribution >= 0.6 is 0 Å². The number of nitrogens with zero attached hydrogens (tertiary/aromatic N) is 1. The Morgan fingerprint density at radius 1 is 1.29 bits per heavy atom. The van der Waals surface area contributed by atoms with Gasteiger partial charge in [0.15, 0.2) is 0 Å². The third-order valence-electron chi connectivity index (χ3n) is 4.41. The van der Waals surface area contributed by atoms with E-state index in [1.807, 2.05) is 20.8 Å². The topological polar surface area (TPSA) is 69.6 Å². The molecular formula is C16H30N2O3. The predicted octanol–water partition coefficient (Wildman–Crippen LogP) is 3.24. The fourth-order valence-corrected chi connectivity index (χ4v) is 2.94. The average molecular weight is 298 g/mol. The first-order valence-electron chi connectivity index (χ1n) is 7.84. The second-order valence-electron chi connectivity index (χ2n) is 7.70. The molecule has 0 bridgehead atoms. The summed E-state index contributed by atoms with van der Waals surface area (Å²) in [6.45, 7) is 10.4. The smallest absolute Gasteiger partial charge is 0.318 e. The Kier molecular flexibility index (Phi) is 5.65. The zero-order chi connectivity index (χ0) is 16.3. The van der Waals surface area contributed by atoms with E-state index in [1.54, 1.807) is 4.90 Å². The molecule has 5 heteroatoms. The highest BCUT2D eigenvalue weighted by molar-refractivity contribution is 5.76. The number of hydrogen-bond donors (Lipinski definition) is 2. The van der Waals surface area contributed by atoms with Gasteiger partial charge < -0.3 is 15.3 Å². The summed E-state index contributed by atoms with van der Waals surface area (Å²) in [5, 5.41) is 12.0. The van der Waals surface area contributed by atoms with Crippen molar-refractivity contribution < 1.29 is 14.7 Å². The van der Waals surface area contributed by atoms with Gasteiger partial charge in [-0.05, 0) is 39.0 Å². The van der Waals surface area contributed by atoms with Crippen LogP contribution in [0.15, 0.2) is 0 Å². The molecule has 1 atom stereocenters. The van der Waals surface area contributed by atoms with Gasteiger partial charge in [0.25, 0.3) is 0 Å². The van der Waals surface area contributed by atoms with Gasteiger partial charge in [0, 0.05) is 18.1 Å². The van der Waals surface area contributed by atoms with E-state index in [4.69, 9.17) is 5.11 Å². The highest BCUT2D eigenvalue weighted by atomic mass is 16.4. The van der Waals surface area contributed by atoms with E-state index >= 15 is 0 Å². The second-order valence-corrected chi connectivity index (χ2v) is 7.70. The second kappa shape index (κ2) is 6.67. The van der Waals surface area contributed by atoms with Crippen LogP contribution in [0, 0.1) is 5.41 Å². The number of carbonyl (C=O) groups excluding carboxylic acids is 1. The van der Waals surface area contributed by atoms with Gasteiger partial charge in [-0.1, -0.05) is 26.7 Å². The SMILES string of the molecule is CC1(C)CCCCC1NC(=O)N(CCC(=O)O)C(C)(C)C. The standard InChI is InChI=1S/C16H30N2O3/c1-15(2,3)18(11-9-13(19)20)14(21)17-12-8-6-7-10-16(12,4)5/h12H,6-11H2,1-5H3,(H,17,21)(H,19,20). The van der Waals surface area contributed by atoms with Crippen LogP contribution in [0.3, 0.4) is 0 Å². The van der Waals surface area contributed by atoms with Gasteiger partial charge in [-0.2, -0.15) is 0 Å². The van der Waals surface area contributed by atoms with E-state index in [-0.39, 0.29) is 30.5 Å². The molecule has 0 saturated heterocycles. The molecule has 0 aromatic heterocycles. The van der Waals surface area contributed by atoms with Gasteiger partial charge in [0.1, 0.15) is 0 Å². The first-order valence-corrected chi connectivity index (χ1v) is 7.84. The molecule has 0 spiro atoms. The van der Waals surface area contributed by atoms with E-state index in [0.29, 0.717) is 0 Å². The first-order chi connectivity index (χ1) is 9.54. The van der Waals surface area contributed by atoms with Crippen molar-refractivity contribution in [3.05, 3.63) is 0 Å². The van der Waals surface area contributed by atoms with E-state index < -0.39 is 11.5 Å². The molecule has 0 aliphatic heterocycles. The molecule has 2 N–H and O–H groups in total. The summed E-state index contributed by atoms with van der Waals surface area (Å²) in [4.78, 5) is 25.0. The number of urea groups is 1. The van der Waals surface area contributed by atoms with Crippen molar-refractivity contribution in [2.45, 2.75) is 78.3 Å². The number of carboxylic acids is 1. The summed E-state index contributed by atoms with van der Waals surface area (Å²) in [6.07, 6.45) is 4.43. The van der Waals surface area contributed by atoms with Gasteiger partial charge in [-0.3, -0.25) is 4.79 Å². The van der Waals surface area contributed by atoms with Gasteiger partial charge in [-0.15, -0.1) is 0 Å². The highest BCUT2D eigenvalue weighted by Gasteiger charge is 2.35. The highest BCUT2D eigenvalue weighted by Crippen LogP contribution is 2.35. The maximum atomic E-state index is 12.6. The largest absolute Gasteiger partial charge is 0.481 e. The fourth-order valence-electron chi connectivity index (χ4n) is 2.94. The molecule has 0 aromatic carbocycles. The van der Waals surface area contributed by atoms with Crippen molar-refractivity contribution in [3.8, 4) is 0 Å². The molecule has 21 heavy (non-hydrogen) atoms. The van der Waals surface area contributed by atoms with E-state index in [9.17, 15) is 9.59 Å². The molecule has 5 nitrogen and oxygen atoms in total. The van der Waals surface area contributed by atoms with Crippen molar-refractivity contribution in [1.82, 2.24) is 10.2 Å². The van der Waals surface area contributed by atoms with E-state index in [0.717, 1.165) is 19.3 Å². The van der Waals surface area contributed by atoms with E-state index in [2.05, 4.69) is 19.2 Å². The summed E-state index contributed by atoms with van der Waals surface area (Å²) in [6, 6.07) is 0.0113. The summed E-state index contributed by atoms with van der Waals surface area (Å²) in [5.74, 6) is -0.880. The van der Waals surface area contributed by atoms with Gasteiger partial charge in [-0.25, -0.2) is 4.79 Å². The summed E-state index contributed by atoms with van der Waals surface area (Å²) < 4.78 is 0. The molecule has 0 heterocycles. The lowest BCUT2D eigenvalue weighted by molar-refractivity contribution is -0.137. The minimum absolute atomic E-state index is 0.0290. The number of rotatable bonds is 4. The monoisotopic (exact) mass is 298 g/mol. The van der Waals surface area contributed by atoms with Gasteiger partial charge >= 0.3 is 12.0 Å². The van der Waals surface area contributed by atoms with Crippen molar-refractivity contribution >= 4 is 12.0 Å².